The first-order valence-electron chi connectivity index (χ1n) is 5.28. The predicted molar refractivity (Wildman–Crippen MR) is 68.5 cm³/mol. The van der Waals surface area contributed by atoms with E-state index in [0.29, 0.717) is 16.9 Å². The first-order chi connectivity index (χ1) is 8.49. The summed E-state index contributed by atoms with van der Waals surface area (Å²) in [5.74, 6) is -0.891. The van der Waals surface area contributed by atoms with Crippen LogP contribution in [-0.2, 0) is 13.5 Å². The molecule has 1 aromatic heterocycles. The van der Waals surface area contributed by atoms with Gasteiger partial charge in [-0.15, -0.1) is 0 Å². The van der Waals surface area contributed by atoms with Gasteiger partial charge in [0.05, 0.1) is 5.69 Å². The van der Waals surface area contributed by atoms with Crippen molar-refractivity contribution >= 4 is 18.2 Å². The summed E-state index contributed by atoms with van der Waals surface area (Å²) in [6.07, 6.45) is 0.389. The molecule has 0 aliphatic carbocycles. The van der Waals surface area contributed by atoms with Crippen molar-refractivity contribution in [3.8, 4) is 5.75 Å². The standard InChI is InChI=1S/C12H12N2O3S/c1-14-9(10(11(16)17)13-12(14)18)6-7-3-2-4-8(15)5-7/h2-5,15H,6H2,1H3,(H,13,18)(H,16,17). The zero-order chi connectivity index (χ0) is 13.3. The predicted octanol–water partition coefficient (Wildman–Crippen LogP) is 2.08. The highest BCUT2D eigenvalue weighted by molar-refractivity contribution is 7.71. The number of carboxylic acid groups (broad SMARTS) is 1. The van der Waals surface area contributed by atoms with Gasteiger partial charge >= 0.3 is 5.97 Å². The lowest BCUT2D eigenvalue weighted by Gasteiger charge is -2.05. The number of H-pyrrole nitrogens is 1. The van der Waals surface area contributed by atoms with E-state index in [1.54, 1.807) is 29.8 Å². The Kier molecular flexibility index (Phi) is 3.20. The van der Waals surface area contributed by atoms with E-state index in [-0.39, 0.29) is 11.4 Å². The van der Waals surface area contributed by atoms with Crippen LogP contribution in [0.1, 0.15) is 21.7 Å². The maximum atomic E-state index is 11.1. The van der Waals surface area contributed by atoms with Crippen molar-refractivity contribution in [2.75, 3.05) is 0 Å². The maximum absolute atomic E-state index is 11.1. The van der Waals surface area contributed by atoms with Gasteiger partial charge in [0.1, 0.15) is 11.4 Å². The molecule has 2 aromatic rings. The molecule has 0 spiro atoms. The van der Waals surface area contributed by atoms with Crippen molar-refractivity contribution in [1.82, 2.24) is 9.55 Å². The van der Waals surface area contributed by atoms with E-state index in [4.69, 9.17) is 17.3 Å². The number of imidazole rings is 1. The quantitative estimate of drug-likeness (QED) is 0.742. The average Bonchev–Trinajstić information content (AvgIpc) is 2.57. The molecule has 0 aliphatic heterocycles. The van der Waals surface area contributed by atoms with Gasteiger partial charge in [-0.1, -0.05) is 12.1 Å². The molecular weight excluding hydrogens is 252 g/mol. The van der Waals surface area contributed by atoms with E-state index in [2.05, 4.69) is 4.98 Å². The number of benzene rings is 1. The smallest absolute Gasteiger partial charge is 0.354 e. The van der Waals surface area contributed by atoms with Crippen molar-refractivity contribution in [3.05, 3.63) is 46.0 Å². The Morgan fingerprint density at radius 3 is 2.83 bits per heavy atom. The number of carboxylic acids is 1. The largest absolute Gasteiger partial charge is 0.508 e. The fraction of sp³-hybridized carbons (Fsp3) is 0.167. The lowest BCUT2D eigenvalue weighted by Crippen LogP contribution is -2.05. The van der Waals surface area contributed by atoms with Crippen molar-refractivity contribution in [2.24, 2.45) is 7.05 Å². The molecule has 0 radical (unpaired) electrons. The minimum absolute atomic E-state index is 0.0887. The highest BCUT2D eigenvalue weighted by Gasteiger charge is 2.16. The summed E-state index contributed by atoms with van der Waals surface area (Å²) in [6.45, 7) is 0. The van der Waals surface area contributed by atoms with E-state index in [1.165, 1.54) is 0 Å². The molecule has 2 rings (SSSR count). The summed E-state index contributed by atoms with van der Waals surface area (Å²) in [6, 6.07) is 6.70. The number of phenols is 1. The van der Waals surface area contributed by atoms with Crippen molar-refractivity contribution in [2.45, 2.75) is 6.42 Å². The van der Waals surface area contributed by atoms with Gasteiger partial charge in [-0.05, 0) is 29.9 Å². The summed E-state index contributed by atoms with van der Waals surface area (Å²) < 4.78 is 1.99. The van der Waals surface area contributed by atoms with E-state index < -0.39 is 5.97 Å². The number of nitrogens with zero attached hydrogens (tertiary/aromatic N) is 1. The summed E-state index contributed by atoms with van der Waals surface area (Å²) in [4.78, 5) is 13.8. The highest BCUT2D eigenvalue weighted by Crippen LogP contribution is 2.17. The second-order valence-electron chi connectivity index (χ2n) is 3.96. The molecule has 18 heavy (non-hydrogen) atoms. The van der Waals surface area contributed by atoms with Gasteiger partial charge in [0.15, 0.2) is 4.77 Å². The fourth-order valence-corrected chi connectivity index (χ4v) is 2.01. The van der Waals surface area contributed by atoms with Gasteiger partial charge in [-0.25, -0.2) is 4.79 Å². The third kappa shape index (κ3) is 2.28. The molecule has 1 heterocycles. The summed E-state index contributed by atoms with van der Waals surface area (Å²) in [7, 11) is 1.71. The SMILES string of the molecule is Cn1c(Cc2cccc(O)c2)c(C(=O)O)[nH]c1=S. The molecule has 1 aromatic carbocycles. The lowest BCUT2D eigenvalue weighted by atomic mass is 10.1. The molecule has 0 fully saturated rings. The number of phenolic OH excluding ortho intramolecular Hbond substituents is 1. The number of nitrogens with one attached hydrogen (secondary N) is 1. The summed E-state index contributed by atoms with van der Waals surface area (Å²) >= 11 is 5.02. The third-order valence-electron chi connectivity index (χ3n) is 2.73. The number of hydrogen-bond acceptors (Lipinski definition) is 3. The Balaban J connectivity index is 2.46. The number of aromatic hydroxyl groups is 1. The Morgan fingerprint density at radius 2 is 2.22 bits per heavy atom. The molecule has 3 N–H and O–H groups in total. The van der Waals surface area contributed by atoms with Gasteiger partial charge in [0, 0.05) is 13.5 Å². The zero-order valence-corrected chi connectivity index (χ0v) is 10.5. The fourth-order valence-electron chi connectivity index (χ4n) is 1.80. The molecule has 5 nitrogen and oxygen atoms in total. The monoisotopic (exact) mass is 264 g/mol. The number of carbonyl (C=O) groups is 1. The number of aromatic nitrogens is 2. The van der Waals surface area contributed by atoms with Crippen LogP contribution in [0.3, 0.4) is 0 Å². The molecule has 0 saturated carbocycles. The van der Waals surface area contributed by atoms with E-state index in [1.807, 2.05) is 6.07 Å². The molecule has 94 valence electrons. The molecule has 0 bridgehead atoms. The maximum Gasteiger partial charge on any atom is 0.354 e. The Morgan fingerprint density at radius 1 is 1.50 bits per heavy atom. The Bertz CT molecular complexity index is 658. The van der Waals surface area contributed by atoms with Crippen molar-refractivity contribution in [1.29, 1.82) is 0 Å². The Labute approximate surface area is 108 Å². The number of aromatic carboxylic acids is 1. The van der Waals surface area contributed by atoms with Crippen LogP contribution in [0.25, 0.3) is 0 Å². The van der Waals surface area contributed by atoms with Crippen LogP contribution < -0.4 is 0 Å². The lowest BCUT2D eigenvalue weighted by molar-refractivity contribution is 0.0689. The molecule has 0 saturated heterocycles. The van der Waals surface area contributed by atoms with Crippen LogP contribution in [0.2, 0.25) is 0 Å². The second-order valence-corrected chi connectivity index (χ2v) is 4.35. The van der Waals surface area contributed by atoms with Gasteiger partial charge in [-0.3, -0.25) is 0 Å². The van der Waals surface area contributed by atoms with E-state index >= 15 is 0 Å². The third-order valence-corrected chi connectivity index (χ3v) is 3.10. The van der Waals surface area contributed by atoms with Crippen molar-refractivity contribution in [3.63, 3.8) is 0 Å². The van der Waals surface area contributed by atoms with Crippen LogP contribution in [0, 0.1) is 4.77 Å². The molecule has 0 aliphatic rings. The molecule has 0 unspecified atom stereocenters. The number of rotatable bonds is 3. The Hall–Kier alpha value is -2.08. The number of hydrogen-bond donors (Lipinski definition) is 3. The van der Waals surface area contributed by atoms with Crippen LogP contribution in [0.5, 0.6) is 5.75 Å². The van der Waals surface area contributed by atoms with Gasteiger partial charge < -0.3 is 19.8 Å². The topological polar surface area (TPSA) is 78.2 Å². The molecule has 6 heteroatoms. The van der Waals surface area contributed by atoms with E-state index in [0.717, 1.165) is 5.56 Å². The molecular formula is C12H12N2O3S. The van der Waals surface area contributed by atoms with Gasteiger partial charge in [0.2, 0.25) is 0 Å². The highest BCUT2D eigenvalue weighted by atomic mass is 32.1. The first-order valence-corrected chi connectivity index (χ1v) is 5.69. The van der Waals surface area contributed by atoms with Gasteiger partial charge in [0.25, 0.3) is 0 Å². The van der Waals surface area contributed by atoms with Crippen LogP contribution >= 0.6 is 12.2 Å². The van der Waals surface area contributed by atoms with Crippen molar-refractivity contribution < 1.29 is 15.0 Å². The van der Waals surface area contributed by atoms with Crippen LogP contribution in [0.15, 0.2) is 24.3 Å². The minimum atomic E-state index is -1.04. The summed E-state index contributed by atoms with van der Waals surface area (Å²) in [5.41, 5.74) is 1.49. The van der Waals surface area contributed by atoms with Crippen LogP contribution in [-0.4, -0.2) is 25.7 Å². The van der Waals surface area contributed by atoms with Gasteiger partial charge in [-0.2, -0.15) is 0 Å². The molecule has 0 atom stereocenters. The number of aromatic amines is 1. The van der Waals surface area contributed by atoms with E-state index in [9.17, 15) is 9.90 Å². The normalized spacial score (nSPS) is 10.5. The van der Waals surface area contributed by atoms with Crippen LogP contribution in [0.4, 0.5) is 0 Å². The summed E-state index contributed by atoms with van der Waals surface area (Å²) in [5, 5.41) is 18.5. The second kappa shape index (κ2) is 4.66. The minimum Gasteiger partial charge on any atom is -0.508 e. The first kappa shape index (κ1) is 12.4. The molecule has 0 amide bonds. The zero-order valence-electron chi connectivity index (χ0n) is 9.67. The average molecular weight is 264 g/mol.